The van der Waals surface area contributed by atoms with Crippen LogP contribution >= 0.6 is 0 Å². The minimum Gasteiger partial charge on any atom is -0.102 e. The van der Waals surface area contributed by atoms with Crippen molar-refractivity contribution in [1.82, 2.24) is 0 Å². The summed E-state index contributed by atoms with van der Waals surface area (Å²) in [6, 6.07) is 0. The molecule has 0 saturated carbocycles. The second-order valence-corrected chi connectivity index (χ2v) is 2.71. The Kier molecular flexibility index (Phi) is 7.36. The Morgan fingerprint density at radius 3 is 2.58 bits per heavy atom. The number of allylic oxidation sites excluding steroid dienone is 7. The minimum atomic E-state index is 0.469. The van der Waals surface area contributed by atoms with E-state index >= 15 is 0 Å². The Morgan fingerprint density at radius 2 is 2.00 bits per heavy atom. The lowest BCUT2D eigenvalue weighted by molar-refractivity contribution is 0.944. The van der Waals surface area contributed by atoms with Crippen molar-refractivity contribution >= 4 is 0 Å². The first kappa shape index (κ1) is 11.0. The van der Waals surface area contributed by atoms with Crippen LogP contribution in [-0.2, 0) is 0 Å². The summed E-state index contributed by atoms with van der Waals surface area (Å²) in [5.74, 6) is 0.469. The molecule has 1 unspecified atom stereocenters. The van der Waals surface area contributed by atoms with E-state index in [-0.39, 0.29) is 0 Å². The van der Waals surface area contributed by atoms with Gasteiger partial charge < -0.3 is 0 Å². The fourth-order valence-electron chi connectivity index (χ4n) is 0.690. The highest BCUT2D eigenvalue weighted by Gasteiger charge is 1.82. The Bertz CT molecular complexity index is 182. The Morgan fingerprint density at radius 1 is 1.25 bits per heavy atom. The summed E-state index contributed by atoms with van der Waals surface area (Å²) in [4.78, 5) is 0. The molecule has 0 nitrogen and oxygen atoms in total. The van der Waals surface area contributed by atoms with Gasteiger partial charge >= 0.3 is 0 Å². The molecular weight excluding hydrogens is 144 g/mol. The molecule has 0 heteroatoms. The Hall–Kier alpha value is -1.04. The van der Waals surface area contributed by atoms with Crippen LogP contribution in [-0.4, -0.2) is 0 Å². The predicted molar refractivity (Wildman–Crippen MR) is 57.1 cm³/mol. The monoisotopic (exact) mass is 162 g/mol. The lowest BCUT2D eigenvalue weighted by Crippen LogP contribution is -1.77. The molecule has 1 atom stereocenters. The molecule has 0 saturated heterocycles. The zero-order valence-corrected chi connectivity index (χ0v) is 8.03. The molecule has 12 heavy (non-hydrogen) atoms. The molecule has 0 radical (unpaired) electrons. The number of rotatable bonds is 5. The van der Waals surface area contributed by atoms with Crippen molar-refractivity contribution in [2.75, 3.05) is 0 Å². The highest BCUT2D eigenvalue weighted by Crippen LogP contribution is 1.97. The van der Waals surface area contributed by atoms with Gasteiger partial charge in [-0.25, -0.2) is 0 Å². The van der Waals surface area contributed by atoms with Crippen molar-refractivity contribution < 1.29 is 0 Å². The summed E-state index contributed by atoms with van der Waals surface area (Å²) in [6.07, 6.45) is 15.5. The summed E-state index contributed by atoms with van der Waals surface area (Å²) in [5, 5.41) is 0. The van der Waals surface area contributed by atoms with Crippen LogP contribution in [0.25, 0.3) is 0 Å². The van der Waals surface area contributed by atoms with E-state index in [9.17, 15) is 0 Å². The fraction of sp³-hybridized carbons (Fsp3) is 0.333. The van der Waals surface area contributed by atoms with Crippen LogP contribution in [0.15, 0.2) is 49.1 Å². The Balaban J connectivity index is 3.58. The molecule has 0 aliphatic carbocycles. The maximum Gasteiger partial charge on any atom is -0.00814 e. The molecule has 66 valence electrons. The van der Waals surface area contributed by atoms with Crippen molar-refractivity contribution in [3.05, 3.63) is 49.1 Å². The first-order valence-electron chi connectivity index (χ1n) is 4.38. The van der Waals surface area contributed by atoms with Crippen LogP contribution in [0.1, 0.15) is 20.3 Å². The molecule has 0 N–H and O–H groups in total. The summed E-state index contributed by atoms with van der Waals surface area (Å²) in [6.45, 7) is 7.85. The topological polar surface area (TPSA) is 0 Å². The van der Waals surface area contributed by atoms with Crippen LogP contribution < -0.4 is 0 Å². The van der Waals surface area contributed by atoms with E-state index in [1.807, 2.05) is 13.0 Å². The van der Waals surface area contributed by atoms with Crippen LogP contribution in [0.5, 0.6) is 0 Å². The molecule has 0 aliphatic rings. The normalized spacial score (nSPS) is 14.8. The highest BCUT2D eigenvalue weighted by atomic mass is 13.9. The third kappa shape index (κ3) is 7.07. The van der Waals surface area contributed by atoms with Gasteiger partial charge in [-0.3, -0.25) is 0 Å². The van der Waals surface area contributed by atoms with Gasteiger partial charge in [0.15, 0.2) is 0 Å². The molecule has 0 spiro atoms. The summed E-state index contributed by atoms with van der Waals surface area (Å²) < 4.78 is 0. The van der Waals surface area contributed by atoms with Crippen molar-refractivity contribution in [1.29, 1.82) is 0 Å². The fourth-order valence-corrected chi connectivity index (χ4v) is 0.690. The summed E-state index contributed by atoms with van der Waals surface area (Å²) in [5.41, 5.74) is 0. The van der Waals surface area contributed by atoms with Gasteiger partial charge in [-0.15, -0.1) is 6.58 Å². The Labute approximate surface area is 76.0 Å². The molecule has 0 amide bonds. The zero-order chi connectivity index (χ0) is 9.23. The third-order valence-corrected chi connectivity index (χ3v) is 1.54. The van der Waals surface area contributed by atoms with E-state index in [4.69, 9.17) is 0 Å². The van der Waals surface area contributed by atoms with Gasteiger partial charge in [0, 0.05) is 0 Å². The lowest BCUT2D eigenvalue weighted by atomic mass is 10.1. The zero-order valence-electron chi connectivity index (χ0n) is 8.03. The SMILES string of the molecule is C=CC(C)/C=C\C=C/C/C=C\C. The minimum absolute atomic E-state index is 0.469. The number of hydrogen-bond donors (Lipinski definition) is 0. The molecule has 0 aromatic carbocycles. The van der Waals surface area contributed by atoms with Gasteiger partial charge in [0.25, 0.3) is 0 Å². The van der Waals surface area contributed by atoms with Crippen LogP contribution in [0.2, 0.25) is 0 Å². The first-order chi connectivity index (χ1) is 5.81. The average Bonchev–Trinajstić information content (AvgIpc) is 2.10. The second-order valence-electron chi connectivity index (χ2n) is 2.71. The van der Waals surface area contributed by atoms with E-state index in [1.54, 1.807) is 0 Å². The highest BCUT2D eigenvalue weighted by molar-refractivity contribution is 5.07. The standard InChI is InChI=1S/C12H18/c1-4-6-7-8-9-10-11-12(3)5-2/h4-6,8-12H,2,7H2,1,3H3/b6-4-,9-8-,11-10-. The van der Waals surface area contributed by atoms with Gasteiger partial charge in [-0.1, -0.05) is 49.5 Å². The van der Waals surface area contributed by atoms with E-state index < -0.39 is 0 Å². The van der Waals surface area contributed by atoms with E-state index in [1.165, 1.54) is 0 Å². The van der Waals surface area contributed by atoms with Crippen LogP contribution in [0, 0.1) is 5.92 Å². The molecule has 0 aromatic rings. The molecular formula is C12H18. The molecule has 0 rings (SSSR count). The van der Waals surface area contributed by atoms with Gasteiger partial charge in [-0.2, -0.15) is 0 Å². The van der Waals surface area contributed by atoms with Crippen molar-refractivity contribution in [2.24, 2.45) is 5.92 Å². The van der Waals surface area contributed by atoms with Gasteiger partial charge in [0.1, 0.15) is 0 Å². The predicted octanol–water partition coefficient (Wildman–Crippen LogP) is 3.89. The lowest BCUT2D eigenvalue weighted by Gasteiger charge is -1.91. The third-order valence-electron chi connectivity index (χ3n) is 1.54. The van der Waals surface area contributed by atoms with Crippen molar-refractivity contribution in [3.8, 4) is 0 Å². The van der Waals surface area contributed by atoms with Gasteiger partial charge in [0.05, 0.1) is 0 Å². The largest absolute Gasteiger partial charge is 0.102 e. The van der Waals surface area contributed by atoms with Crippen LogP contribution in [0.3, 0.4) is 0 Å². The van der Waals surface area contributed by atoms with Crippen molar-refractivity contribution in [3.63, 3.8) is 0 Å². The summed E-state index contributed by atoms with van der Waals surface area (Å²) >= 11 is 0. The van der Waals surface area contributed by atoms with Crippen molar-refractivity contribution in [2.45, 2.75) is 20.3 Å². The molecule has 0 fully saturated rings. The summed E-state index contributed by atoms with van der Waals surface area (Å²) in [7, 11) is 0. The maximum atomic E-state index is 3.70. The molecule has 0 bridgehead atoms. The number of hydrogen-bond acceptors (Lipinski definition) is 0. The second kappa shape index (κ2) is 8.06. The van der Waals surface area contributed by atoms with Gasteiger partial charge in [0.2, 0.25) is 0 Å². The quantitative estimate of drug-likeness (QED) is 0.425. The smallest absolute Gasteiger partial charge is 0.00814 e. The molecule has 0 aromatic heterocycles. The van der Waals surface area contributed by atoms with E-state index in [2.05, 4.69) is 50.0 Å². The average molecular weight is 162 g/mol. The van der Waals surface area contributed by atoms with Gasteiger partial charge in [-0.05, 0) is 19.3 Å². The maximum absolute atomic E-state index is 3.70. The molecule has 0 heterocycles. The molecule has 0 aliphatic heterocycles. The van der Waals surface area contributed by atoms with E-state index in [0.717, 1.165) is 6.42 Å². The van der Waals surface area contributed by atoms with E-state index in [0.29, 0.717) is 5.92 Å². The first-order valence-corrected chi connectivity index (χ1v) is 4.38. The van der Waals surface area contributed by atoms with Crippen LogP contribution in [0.4, 0.5) is 0 Å².